The highest BCUT2D eigenvalue weighted by Gasteiger charge is 2.40. The van der Waals surface area contributed by atoms with Gasteiger partial charge in [-0.25, -0.2) is 0 Å². The maximum atomic E-state index is 11.8. The van der Waals surface area contributed by atoms with Crippen molar-refractivity contribution in [2.45, 2.75) is 44.8 Å². The number of piperidine rings is 1. The van der Waals surface area contributed by atoms with Gasteiger partial charge in [0.1, 0.15) is 0 Å². The van der Waals surface area contributed by atoms with Gasteiger partial charge in [-0.1, -0.05) is 37.3 Å². The van der Waals surface area contributed by atoms with Gasteiger partial charge in [0.25, 0.3) is 0 Å². The predicted octanol–water partition coefficient (Wildman–Crippen LogP) is 3.42. The zero-order valence-electron chi connectivity index (χ0n) is 12.3. The first-order valence-electron chi connectivity index (χ1n) is 7.13. The summed E-state index contributed by atoms with van der Waals surface area (Å²) in [6.07, 6.45) is 4.43. The third-order valence-corrected chi connectivity index (χ3v) is 3.92. The van der Waals surface area contributed by atoms with E-state index in [0.29, 0.717) is 6.42 Å². The molecular weight excluding hydrogens is 274 g/mol. The van der Waals surface area contributed by atoms with E-state index >= 15 is 0 Å². The Hall–Kier alpha value is -1.06. The minimum absolute atomic E-state index is 0. The van der Waals surface area contributed by atoms with Crippen molar-refractivity contribution < 1.29 is 9.53 Å². The third kappa shape index (κ3) is 3.97. The van der Waals surface area contributed by atoms with E-state index < -0.39 is 5.72 Å². The Morgan fingerprint density at radius 3 is 2.60 bits per heavy atom. The number of rotatable bonds is 4. The average Bonchev–Trinajstić information content (AvgIpc) is 2.43. The highest BCUT2D eigenvalue weighted by atomic mass is 35.5. The molecule has 1 fully saturated rings. The summed E-state index contributed by atoms with van der Waals surface area (Å²) < 4.78 is 5.83. The van der Waals surface area contributed by atoms with Gasteiger partial charge in [-0.15, -0.1) is 12.4 Å². The zero-order valence-corrected chi connectivity index (χ0v) is 13.1. The molecule has 1 saturated heterocycles. The van der Waals surface area contributed by atoms with Gasteiger partial charge < -0.3 is 4.74 Å². The van der Waals surface area contributed by atoms with Crippen molar-refractivity contribution in [3.8, 4) is 0 Å². The summed E-state index contributed by atoms with van der Waals surface area (Å²) in [5.74, 6) is -0.107. The number of hydrogen-bond acceptors (Lipinski definition) is 3. The van der Waals surface area contributed by atoms with Gasteiger partial charge in [0.2, 0.25) is 0 Å². The van der Waals surface area contributed by atoms with E-state index in [1.54, 1.807) is 0 Å². The summed E-state index contributed by atoms with van der Waals surface area (Å²) in [4.78, 5) is 14.0. The maximum absolute atomic E-state index is 11.8. The van der Waals surface area contributed by atoms with Crippen molar-refractivity contribution in [3.05, 3.63) is 35.9 Å². The van der Waals surface area contributed by atoms with Gasteiger partial charge in [-0.2, -0.15) is 0 Å². The number of ether oxygens (including phenoxy) is 1. The lowest BCUT2D eigenvalue weighted by molar-refractivity contribution is -0.189. The molecule has 0 N–H and O–H groups in total. The van der Waals surface area contributed by atoms with Gasteiger partial charge in [0.05, 0.1) is 0 Å². The van der Waals surface area contributed by atoms with Crippen LogP contribution in [0.5, 0.6) is 0 Å². The van der Waals surface area contributed by atoms with Crippen molar-refractivity contribution in [2.24, 2.45) is 0 Å². The number of nitrogens with zero attached hydrogens (tertiary/aromatic N) is 1. The molecule has 0 radical (unpaired) electrons. The molecule has 0 bridgehead atoms. The summed E-state index contributed by atoms with van der Waals surface area (Å²) in [7, 11) is 2.06. The first-order chi connectivity index (χ1) is 9.16. The smallest absolute Gasteiger partial charge is 0.307 e. The number of likely N-dealkylation sites (N-methyl/N-ethyl adjacent to an activating group) is 1. The average molecular weight is 298 g/mol. The number of carbonyl (C=O) groups is 1. The standard InChI is InChI=1S/C16H23NO2.ClH/c1-3-15(18)19-16(11-7-8-12-17(16)2)13-14-9-5-4-6-10-14;/h4-6,9-10H,3,7-8,11-13H2,1-2H3;1H. The van der Waals surface area contributed by atoms with Crippen molar-refractivity contribution in [3.63, 3.8) is 0 Å². The normalized spacial score (nSPS) is 22.9. The molecule has 1 atom stereocenters. The minimum atomic E-state index is -0.452. The third-order valence-electron chi connectivity index (χ3n) is 3.92. The second-order valence-corrected chi connectivity index (χ2v) is 5.31. The number of carbonyl (C=O) groups excluding carboxylic acids is 1. The van der Waals surface area contributed by atoms with Crippen LogP contribution in [-0.2, 0) is 16.0 Å². The van der Waals surface area contributed by atoms with Gasteiger partial charge in [0, 0.05) is 25.8 Å². The van der Waals surface area contributed by atoms with Crippen LogP contribution >= 0.6 is 12.4 Å². The van der Waals surface area contributed by atoms with Gasteiger partial charge in [0.15, 0.2) is 5.72 Å². The van der Waals surface area contributed by atoms with E-state index in [2.05, 4.69) is 24.1 Å². The Balaban J connectivity index is 0.00000200. The Bertz CT molecular complexity index is 424. The largest absolute Gasteiger partial charge is 0.443 e. The van der Waals surface area contributed by atoms with Gasteiger partial charge in [-0.05, 0) is 25.5 Å². The lowest BCUT2D eigenvalue weighted by atomic mass is 9.92. The molecule has 1 aliphatic rings. The number of benzene rings is 1. The van der Waals surface area contributed by atoms with Crippen molar-refractivity contribution in [1.29, 1.82) is 0 Å². The lowest BCUT2D eigenvalue weighted by Crippen LogP contribution is -2.54. The number of esters is 1. The van der Waals surface area contributed by atoms with Crippen LogP contribution < -0.4 is 0 Å². The lowest BCUT2D eigenvalue weighted by Gasteiger charge is -2.44. The van der Waals surface area contributed by atoms with Gasteiger partial charge >= 0.3 is 5.97 Å². The molecule has 1 aromatic rings. The maximum Gasteiger partial charge on any atom is 0.307 e. The summed E-state index contributed by atoms with van der Waals surface area (Å²) >= 11 is 0. The van der Waals surface area contributed by atoms with Crippen LogP contribution in [0.1, 0.15) is 38.2 Å². The molecule has 112 valence electrons. The number of halogens is 1. The first-order valence-corrected chi connectivity index (χ1v) is 7.13. The molecule has 0 saturated carbocycles. The fraction of sp³-hybridized carbons (Fsp3) is 0.562. The molecule has 2 rings (SSSR count). The van der Waals surface area contributed by atoms with Crippen molar-refractivity contribution >= 4 is 18.4 Å². The number of hydrogen-bond donors (Lipinski definition) is 0. The predicted molar refractivity (Wildman–Crippen MR) is 83.0 cm³/mol. The topological polar surface area (TPSA) is 29.5 Å². The van der Waals surface area contributed by atoms with Crippen LogP contribution in [0.4, 0.5) is 0 Å². The van der Waals surface area contributed by atoms with Crippen molar-refractivity contribution in [2.75, 3.05) is 13.6 Å². The molecule has 1 heterocycles. The van der Waals surface area contributed by atoms with E-state index in [9.17, 15) is 4.79 Å². The Kier molecular flexibility index (Phi) is 6.50. The van der Waals surface area contributed by atoms with E-state index in [0.717, 1.165) is 25.8 Å². The van der Waals surface area contributed by atoms with E-state index in [1.165, 1.54) is 12.0 Å². The van der Waals surface area contributed by atoms with Crippen LogP contribution in [0.15, 0.2) is 30.3 Å². The van der Waals surface area contributed by atoms with E-state index in [-0.39, 0.29) is 18.4 Å². The molecule has 3 nitrogen and oxygen atoms in total. The van der Waals surface area contributed by atoms with E-state index in [1.807, 2.05) is 25.1 Å². The minimum Gasteiger partial charge on any atom is -0.443 e. The molecule has 20 heavy (non-hydrogen) atoms. The van der Waals surface area contributed by atoms with Crippen LogP contribution in [0.2, 0.25) is 0 Å². The molecule has 0 aliphatic carbocycles. The van der Waals surface area contributed by atoms with E-state index in [4.69, 9.17) is 4.74 Å². The second kappa shape index (κ2) is 7.65. The first kappa shape index (κ1) is 17.0. The SMILES string of the molecule is CCC(=O)OC1(Cc2ccccc2)CCCCN1C.Cl. The zero-order chi connectivity index (χ0) is 13.7. The van der Waals surface area contributed by atoms with Crippen LogP contribution in [-0.4, -0.2) is 30.2 Å². The Morgan fingerprint density at radius 1 is 1.30 bits per heavy atom. The highest BCUT2D eigenvalue weighted by Crippen LogP contribution is 2.32. The molecule has 1 aromatic carbocycles. The summed E-state index contributed by atoms with van der Waals surface area (Å²) in [6, 6.07) is 10.3. The summed E-state index contributed by atoms with van der Waals surface area (Å²) in [5.41, 5.74) is 0.771. The molecule has 0 spiro atoms. The van der Waals surface area contributed by atoms with Crippen LogP contribution in [0, 0.1) is 0 Å². The quantitative estimate of drug-likeness (QED) is 0.798. The van der Waals surface area contributed by atoms with Crippen LogP contribution in [0.3, 0.4) is 0 Å². The van der Waals surface area contributed by atoms with Crippen molar-refractivity contribution in [1.82, 2.24) is 4.90 Å². The summed E-state index contributed by atoms with van der Waals surface area (Å²) in [6.45, 7) is 2.84. The van der Waals surface area contributed by atoms with Crippen LogP contribution in [0.25, 0.3) is 0 Å². The molecule has 0 amide bonds. The fourth-order valence-corrected chi connectivity index (χ4v) is 2.73. The Labute approximate surface area is 127 Å². The second-order valence-electron chi connectivity index (χ2n) is 5.31. The molecule has 0 aromatic heterocycles. The molecular formula is C16H24ClNO2. The molecule has 1 unspecified atom stereocenters. The molecule has 4 heteroatoms. The fourth-order valence-electron chi connectivity index (χ4n) is 2.73. The monoisotopic (exact) mass is 297 g/mol. The molecule has 1 aliphatic heterocycles. The summed E-state index contributed by atoms with van der Waals surface area (Å²) in [5, 5.41) is 0. The number of likely N-dealkylation sites (tertiary alicyclic amines) is 1. The Morgan fingerprint density at radius 2 is 2.00 bits per heavy atom. The van der Waals surface area contributed by atoms with Gasteiger partial charge in [-0.3, -0.25) is 9.69 Å². The highest BCUT2D eigenvalue weighted by molar-refractivity contribution is 5.85.